The number of alkyl carbamates (subject to hydrolysis) is 1. The number of anilines is 2. The van der Waals surface area contributed by atoms with E-state index in [2.05, 4.69) is 21.3 Å². The standard InChI is InChI=1S/C19H28N4O4/c1-11(21-18(26)27-19(2,3)4)16(24)23-14-8-6-7-13(17(25)20-5)15(14)22-12-9-10-12/h6-8,11-12,22H,9-10H2,1-5H3,(H,20,25)(H,21,26)(H,23,24)/t11-/m0/s1. The zero-order valence-corrected chi connectivity index (χ0v) is 16.4. The van der Waals surface area contributed by atoms with E-state index in [1.54, 1.807) is 52.9 Å². The summed E-state index contributed by atoms with van der Waals surface area (Å²) in [5.41, 5.74) is 0.877. The summed E-state index contributed by atoms with van der Waals surface area (Å²) in [7, 11) is 1.56. The fourth-order valence-electron chi connectivity index (χ4n) is 2.36. The summed E-state index contributed by atoms with van der Waals surface area (Å²) in [6.07, 6.45) is 1.37. The smallest absolute Gasteiger partial charge is 0.408 e. The van der Waals surface area contributed by atoms with Gasteiger partial charge in [0.25, 0.3) is 5.91 Å². The Morgan fingerprint density at radius 3 is 2.41 bits per heavy atom. The molecule has 0 unspecified atom stereocenters. The van der Waals surface area contributed by atoms with Crippen LogP contribution in [-0.4, -0.2) is 42.6 Å². The zero-order valence-electron chi connectivity index (χ0n) is 16.4. The SMILES string of the molecule is CNC(=O)c1cccc(NC(=O)[C@H](C)NC(=O)OC(C)(C)C)c1NC1CC1. The van der Waals surface area contributed by atoms with Gasteiger partial charge >= 0.3 is 6.09 Å². The molecule has 2 rings (SSSR count). The molecule has 4 N–H and O–H groups in total. The van der Waals surface area contributed by atoms with Crippen LogP contribution >= 0.6 is 0 Å². The molecule has 0 heterocycles. The maximum Gasteiger partial charge on any atom is 0.408 e. The number of para-hydroxylation sites is 1. The van der Waals surface area contributed by atoms with Gasteiger partial charge in [-0.25, -0.2) is 4.79 Å². The number of rotatable bonds is 6. The van der Waals surface area contributed by atoms with Gasteiger partial charge in [-0.3, -0.25) is 9.59 Å². The summed E-state index contributed by atoms with van der Waals surface area (Å²) >= 11 is 0. The molecular weight excluding hydrogens is 348 g/mol. The number of nitrogens with one attached hydrogen (secondary N) is 4. The van der Waals surface area contributed by atoms with Crippen molar-refractivity contribution in [1.29, 1.82) is 0 Å². The third-order valence-electron chi connectivity index (χ3n) is 3.85. The Kier molecular flexibility index (Phi) is 6.30. The topological polar surface area (TPSA) is 109 Å². The van der Waals surface area contributed by atoms with Crippen molar-refractivity contribution in [3.63, 3.8) is 0 Å². The van der Waals surface area contributed by atoms with Crippen LogP contribution in [0.15, 0.2) is 18.2 Å². The largest absolute Gasteiger partial charge is 0.444 e. The van der Waals surface area contributed by atoms with Crippen molar-refractivity contribution in [1.82, 2.24) is 10.6 Å². The van der Waals surface area contributed by atoms with E-state index in [-0.39, 0.29) is 5.91 Å². The number of hydrogen-bond donors (Lipinski definition) is 4. The van der Waals surface area contributed by atoms with Gasteiger partial charge in [-0.15, -0.1) is 0 Å². The highest BCUT2D eigenvalue weighted by Gasteiger charge is 2.26. The van der Waals surface area contributed by atoms with Crippen LogP contribution in [0.5, 0.6) is 0 Å². The molecule has 27 heavy (non-hydrogen) atoms. The van der Waals surface area contributed by atoms with E-state index in [1.807, 2.05) is 0 Å². The second kappa shape index (κ2) is 8.28. The second-order valence-electron chi connectivity index (χ2n) is 7.58. The van der Waals surface area contributed by atoms with Gasteiger partial charge in [0.05, 0.1) is 16.9 Å². The monoisotopic (exact) mass is 376 g/mol. The van der Waals surface area contributed by atoms with Gasteiger partial charge in [0.15, 0.2) is 0 Å². The lowest BCUT2D eigenvalue weighted by atomic mass is 10.1. The highest BCUT2D eigenvalue weighted by Crippen LogP contribution is 2.32. The Labute approximate surface area is 159 Å². The summed E-state index contributed by atoms with van der Waals surface area (Å²) in [5.74, 6) is -0.650. The fourth-order valence-corrected chi connectivity index (χ4v) is 2.36. The maximum absolute atomic E-state index is 12.5. The number of ether oxygens (including phenoxy) is 1. The molecule has 148 valence electrons. The third kappa shape index (κ3) is 6.16. The van der Waals surface area contributed by atoms with Crippen molar-refractivity contribution in [2.24, 2.45) is 0 Å². The predicted octanol–water partition coefficient (Wildman–Crippen LogP) is 2.47. The predicted molar refractivity (Wildman–Crippen MR) is 104 cm³/mol. The zero-order chi connectivity index (χ0) is 20.2. The molecule has 0 saturated heterocycles. The lowest BCUT2D eigenvalue weighted by molar-refractivity contribution is -0.117. The summed E-state index contributed by atoms with van der Waals surface area (Å²) in [6.45, 7) is 6.81. The highest BCUT2D eigenvalue weighted by molar-refractivity contribution is 6.06. The summed E-state index contributed by atoms with van der Waals surface area (Å²) in [4.78, 5) is 36.5. The van der Waals surface area contributed by atoms with E-state index in [0.29, 0.717) is 23.0 Å². The summed E-state index contributed by atoms with van der Waals surface area (Å²) in [5, 5.41) is 11.2. The van der Waals surface area contributed by atoms with E-state index in [9.17, 15) is 14.4 Å². The molecule has 8 heteroatoms. The molecule has 8 nitrogen and oxygen atoms in total. The third-order valence-corrected chi connectivity index (χ3v) is 3.85. The maximum atomic E-state index is 12.5. The molecule has 1 aliphatic carbocycles. The van der Waals surface area contributed by atoms with E-state index < -0.39 is 23.6 Å². The molecule has 1 aliphatic rings. The van der Waals surface area contributed by atoms with E-state index in [0.717, 1.165) is 12.8 Å². The van der Waals surface area contributed by atoms with Gasteiger partial charge in [0, 0.05) is 13.1 Å². The molecular formula is C19H28N4O4. The van der Waals surface area contributed by atoms with Crippen molar-refractivity contribution in [3.05, 3.63) is 23.8 Å². The molecule has 1 atom stereocenters. The average molecular weight is 376 g/mol. The van der Waals surface area contributed by atoms with Crippen molar-refractivity contribution in [2.75, 3.05) is 17.7 Å². The summed E-state index contributed by atoms with van der Waals surface area (Å²) < 4.78 is 5.16. The molecule has 0 spiro atoms. The molecule has 0 radical (unpaired) electrons. The molecule has 1 fully saturated rings. The van der Waals surface area contributed by atoms with Gasteiger partial charge in [0.2, 0.25) is 5.91 Å². The lowest BCUT2D eigenvalue weighted by Gasteiger charge is -2.22. The number of hydrogen-bond acceptors (Lipinski definition) is 5. The van der Waals surface area contributed by atoms with Crippen LogP contribution in [0.3, 0.4) is 0 Å². The molecule has 3 amide bonds. The number of benzene rings is 1. The molecule has 0 bridgehead atoms. The van der Waals surface area contributed by atoms with Gasteiger partial charge in [-0.05, 0) is 52.7 Å². The normalized spacial score (nSPS) is 14.7. The number of carbonyl (C=O) groups excluding carboxylic acids is 3. The lowest BCUT2D eigenvalue weighted by Crippen LogP contribution is -2.44. The first-order valence-corrected chi connectivity index (χ1v) is 9.02. The van der Waals surface area contributed by atoms with Gasteiger partial charge in [-0.2, -0.15) is 0 Å². The minimum Gasteiger partial charge on any atom is -0.444 e. The van der Waals surface area contributed by atoms with Crippen LogP contribution < -0.4 is 21.3 Å². The van der Waals surface area contributed by atoms with Crippen molar-refractivity contribution < 1.29 is 19.1 Å². The first kappa shape index (κ1) is 20.5. The molecule has 0 aliphatic heterocycles. The van der Waals surface area contributed by atoms with Gasteiger partial charge < -0.3 is 26.0 Å². The Bertz CT molecular complexity index is 723. The van der Waals surface area contributed by atoms with Crippen LogP contribution in [-0.2, 0) is 9.53 Å². The second-order valence-corrected chi connectivity index (χ2v) is 7.58. The Morgan fingerprint density at radius 1 is 1.19 bits per heavy atom. The van der Waals surface area contributed by atoms with Crippen LogP contribution in [0, 0.1) is 0 Å². The van der Waals surface area contributed by atoms with Crippen molar-refractivity contribution in [2.45, 2.75) is 58.2 Å². The average Bonchev–Trinajstić information content (AvgIpc) is 3.37. The van der Waals surface area contributed by atoms with Crippen LogP contribution in [0.25, 0.3) is 0 Å². The fraction of sp³-hybridized carbons (Fsp3) is 0.526. The van der Waals surface area contributed by atoms with Crippen molar-refractivity contribution >= 4 is 29.3 Å². The van der Waals surface area contributed by atoms with E-state index in [1.165, 1.54) is 0 Å². The number of carbonyl (C=O) groups is 3. The first-order valence-electron chi connectivity index (χ1n) is 9.02. The van der Waals surface area contributed by atoms with E-state index >= 15 is 0 Å². The molecule has 1 saturated carbocycles. The van der Waals surface area contributed by atoms with Crippen LogP contribution in [0.2, 0.25) is 0 Å². The molecule has 0 aromatic heterocycles. The molecule has 1 aromatic rings. The Morgan fingerprint density at radius 2 is 1.85 bits per heavy atom. The minimum atomic E-state index is -0.808. The van der Waals surface area contributed by atoms with Crippen molar-refractivity contribution in [3.8, 4) is 0 Å². The highest BCUT2D eigenvalue weighted by atomic mass is 16.6. The quantitative estimate of drug-likeness (QED) is 0.610. The minimum absolute atomic E-state index is 0.242. The molecule has 1 aromatic carbocycles. The number of amides is 3. The Hall–Kier alpha value is -2.77. The van der Waals surface area contributed by atoms with Gasteiger partial charge in [-0.1, -0.05) is 6.07 Å². The Balaban J connectivity index is 2.12. The van der Waals surface area contributed by atoms with Crippen LogP contribution in [0.1, 0.15) is 50.9 Å². The first-order chi connectivity index (χ1) is 12.6. The van der Waals surface area contributed by atoms with Crippen LogP contribution in [0.4, 0.5) is 16.2 Å². The summed E-state index contributed by atoms with van der Waals surface area (Å²) in [6, 6.07) is 4.60. The van der Waals surface area contributed by atoms with Gasteiger partial charge in [0.1, 0.15) is 11.6 Å². The van der Waals surface area contributed by atoms with E-state index in [4.69, 9.17) is 4.74 Å².